The van der Waals surface area contributed by atoms with E-state index in [1.165, 1.54) is 29.1 Å². The lowest BCUT2D eigenvalue weighted by Crippen LogP contribution is -2.04. The van der Waals surface area contributed by atoms with Gasteiger partial charge in [-0.25, -0.2) is 9.97 Å². The van der Waals surface area contributed by atoms with Gasteiger partial charge in [0.05, 0.1) is 6.20 Å². The highest BCUT2D eigenvalue weighted by atomic mass is 35.5. The van der Waals surface area contributed by atoms with Crippen molar-refractivity contribution in [1.82, 2.24) is 39.7 Å². The van der Waals surface area contributed by atoms with E-state index in [0.717, 1.165) is 0 Å². The number of nitrogens with zero attached hydrogens (tertiary/aromatic N) is 8. The molecular formula is C9H5ClN8S. The van der Waals surface area contributed by atoms with Gasteiger partial charge in [0.1, 0.15) is 17.7 Å². The number of rotatable bonds is 3. The summed E-state index contributed by atoms with van der Waals surface area (Å²) in [6.45, 7) is 0. The van der Waals surface area contributed by atoms with E-state index in [1.807, 2.05) is 0 Å². The molecule has 94 valence electrons. The van der Waals surface area contributed by atoms with E-state index in [1.54, 1.807) is 18.6 Å². The molecule has 3 aromatic rings. The van der Waals surface area contributed by atoms with E-state index in [0.29, 0.717) is 16.1 Å². The monoisotopic (exact) mass is 292 g/mol. The first-order valence-electron chi connectivity index (χ1n) is 5.02. The molecule has 8 nitrogen and oxygen atoms in total. The van der Waals surface area contributed by atoms with Gasteiger partial charge >= 0.3 is 0 Å². The van der Waals surface area contributed by atoms with Gasteiger partial charge in [0, 0.05) is 12.4 Å². The summed E-state index contributed by atoms with van der Waals surface area (Å²) < 4.78 is 1.40. The van der Waals surface area contributed by atoms with Crippen LogP contribution in [0.25, 0.3) is 5.95 Å². The maximum Gasteiger partial charge on any atom is 0.257 e. The summed E-state index contributed by atoms with van der Waals surface area (Å²) in [5, 5.41) is 5.08. The van der Waals surface area contributed by atoms with Crippen molar-refractivity contribution in [3.63, 3.8) is 0 Å². The van der Waals surface area contributed by atoms with Crippen LogP contribution in [-0.4, -0.2) is 39.7 Å². The molecule has 0 spiro atoms. The van der Waals surface area contributed by atoms with Crippen LogP contribution in [0.1, 0.15) is 0 Å². The highest BCUT2D eigenvalue weighted by Gasteiger charge is 2.09. The fraction of sp³-hybridized carbons (Fsp3) is 0. The number of hydrogen-bond acceptors (Lipinski definition) is 8. The highest BCUT2D eigenvalue weighted by Crippen LogP contribution is 2.22. The molecule has 10 heteroatoms. The lowest BCUT2D eigenvalue weighted by atomic mass is 10.8. The summed E-state index contributed by atoms with van der Waals surface area (Å²) in [6, 6.07) is 0. The molecule has 0 saturated carbocycles. The Balaban J connectivity index is 1.94. The molecular weight excluding hydrogens is 288 g/mol. The van der Waals surface area contributed by atoms with Crippen LogP contribution in [0.3, 0.4) is 0 Å². The van der Waals surface area contributed by atoms with Crippen molar-refractivity contribution in [1.29, 1.82) is 0 Å². The molecule has 0 aromatic carbocycles. The van der Waals surface area contributed by atoms with Crippen molar-refractivity contribution >= 4 is 23.4 Å². The Morgan fingerprint density at radius 2 is 2.05 bits per heavy atom. The fourth-order valence-electron chi connectivity index (χ4n) is 1.21. The third kappa shape index (κ3) is 2.83. The quantitative estimate of drug-likeness (QED) is 0.707. The molecule has 19 heavy (non-hydrogen) atoms. The van der Waals surface area contributed by atoms with Crippen molar-refractivity contribution in [2.45, 2.75) is 10.2 Å². The van der Waals surface area contributed by atoms with Gasteiger partial charge < -0.3 is 0 Å². The molecule has 0 aliphatic rings. The molecule has 0 unspecified atom stereocenters. The van der Waals surface area contributed by atoms with E-state index in [4.69, 9.17) is 11.6 Å². The second-order valence-corrected chi connectivity index (χ2v) is 4.50. The Morgan fingerprint density at radius 1 is 1.11 bits per heavy atom. The number of hydrogen-bond donors (Lipinski definition) is 0. The minimum absolute atomic E-state index is 0.0758. The first kappa shape index (κ1) is 11.9. The van der Waals surface area contributed by atoms with Crippen molar-refractivity contribution < 1.29 is 0 Å². The molecule has 0 radical (unpaired) electrons. The summed E-state index contributed by atoms with van der Waals surface area (Å²) in [5.41, 5.74) is 0. The smallest absolute Gasteiger partial charge is 0.257 e. The van der Waals surface area contributed by atoms with E-state index in [-0.39, 0.29) is 5.28 Å². The van der Waals surface area contributed by atoms with Crippen LogP contribution < -0.4 is 0 Å². The largest absolute Gasteiger partial charge is 0.260 e. The van der Waals surface area contributed by atoms with Gasteiger partial charge in [-0.15, -0.1) is 0 Å². The molecule has 3 rings (SSSR count). The normalized spacial score (nSPS) is 10.6. The zero-order valence-electron chi connectivity index (χ0n) is 9.25. The third-order valence-corrected chi connectivity index (χ3v) is 2.89. The molecule has 0 amide bonds. The van der Waals surface area contributed by atoms with Gasteiger partial charge in [-0.2, -0.15) is 24.7 Å². The van der Waals surface area contributed by atoms with Gasteiger partial charge in [0.15, 0.2) is 5.16 Å². The minimum Gasteiger partial charge on any atom is -0.260 e. The Labute approximate surface area is 116 Å². The van der Waals surface area contributed by atoms with E-state index >= 15 is 0 Å². The van der Waals surface area contributed by atoms with Gasteiger partial charge in [0.25, 0.3) is 5.95 Å². The molecule has 3 aromatic heterocycles. The van der Waals surface area contributed by atoms with E-state index in [9.17, 15) is 0 Å². The van der Waals surface area contributed by atoms with Gasteiger partial charge in [-0.3, -0.25) is 4.98 Å². The number of aromatic nitrogens is 8. The molecule has 0 N–H and O–H groups in total. The molecule has 0 atom stereocenters. The van der Waals surface area contributed by atoms with Crippen LogP contribution in [0.4, 0.5) is 0 Å². The van der Waals surface area contributed by atoms with Gasteiger partial charge in [0.2, 0.25) is 5.28 Å². The van der Waals surface area contributed by atoms with Gasteiger partial charge in [-0.1, -0.05) is 0 Å². The molecule has 0 aliphatic heterocycles. The Kier molecular flexibility index (Phi) is 3.29. The Bertz CT molecular complexity index is 674. The van der Waals surface area contributed by atoms with Crippen molar-refractivity contribution in [3.8, 4) is 5.95 Å². The average Bonchev–Trinajstić information content (AvgIpc) is 2.93. The summed E-state index contributed by atoms with van der Waals surface area (Å²) in [6.07, 6.45) is 7.64. The van der Waals surface area contributed by atoms with Crippen LogP contribution in [-0.2, 0) is 0 Å². The predicted molar refractivity (Wildman–Crippen MR) is 65.9 cm³/mol. The highest BCUT2D eigenvalue weighted by molar-refractivity contribution is 7.99. The molecule has 0 aliphatic carbocycles. The summed E-state index contributed by atoms with van der Waals surface area (Å²) in [7, 11) is 0. The SMILES string of the molecule is Clc1nc(Sc2cnccn2)nc(-n2cncn2)n1. The van der Waals surface area contributed by atoms with Crippen molar-refractivity contribution in [3.05, 3.63) is 36.5 Å². The topological polar surface area (TPSA) is 95.2 Å². The van der Waals surface area contributed by atoms with Crippen LogP contribution in [0.15, 0.2) is 41.4 Å². The second kappa shape index (κ2) is 5.24. The first-order valence-corrected chi connectivity index (χ1v) is 6.21. The predicted octanol–water partition coefficient (Wildman–Crippen LogP) is 1.05. The average molecular weight is 293 g/mol. The second-order valence-electron chi connectivity index (χ2n) is 3.17. The Morgan fingerprint density at radius 3 is 2.79 bits per heavy atom. The van der Waals surface area contributed by atoms with E-state index < -0.39 is 0 Å². The molecule has 3 heterocycles. The standard InChI is InChI=1S/C9H5ClN8S/c10-7-15-8(18-5-12-4-14-18)17-9(16-7)19-6-3-11-1-2-13-6/h1-5H. The zero-order valence-corrected chi connectivity index (χ0v) is 10.8. The molecule has 0 fully saturated rings. The lowest BCUT2D eigenvalue weighted by molar-refractivity contribution is 0.757. The van der Waals surface area contributed by atoms with Crippen molar-refractivity contribution in [2.24, 2.45) is 0 Å². The molecule has 0 bridgehead atoms. The maximum absolute atomic E-state index is 5.86. The van der Waals surface area contributed by atoms with Gasteiger partial charge in [-0.05, 0) is 23.4 Å². The van der Waals surface area contributed by atoms with Crippen LogP contribution in [0.5, 0.6) is 0 Å². The lowest BCUT2D eigenvalue weighted by Gasteiger charge is -2.02. The minimum atomic E-state index is 0.0758. The third-order valence-electron chi connectivity index (χ3n) is 1.93. The summed E-state index contributed by atoms with van der Waals surface area (Å²) in [5.74, 6) is 0.295. The first-order chi connectivity index (χ1) is 9.31. The zero-order chi connectivity index (χ0) is 13.1. The number of halogens is 1. The molecule has 0 saturated heterocycles. The Hall–Kier alpha value is -2.13. The van der Waals surface area contributed by atoms with E-state index in [2.05, 4.69) is 35.0 Å². The fourth-order valence-corrected chi connectivity index (χ4v) is 2.09. The van der Waals surface area contributed by atoms with Crippen LogP contribution >= 0.6 is 23.4 Å². The summed E-state index contributed by atoms with van der Waals surface area (Å²) in [4.78, 5) is 24.1. The summed E-state index contributed by atoms with van der Waals surface area (Å²) >= 11 is 7.09. The maximum atomic E-state index is 5.86. The van der Waals surface area contributed by atoms with Crippen LogP contribution in [0, 0.1) is 0 Å². The van der Waals surface area contributed by atoms with Crippen molar-refractivity contribution in [2.75, 3.05) is 0 Å². The van der Waals surface area contributed by atoms with Crippen LogP contribution in [0.2, 0.25) is 5.28 Å².